The fourth-order valence-electron chi connectivity index (χ4n) is 6.84. The van der Waals surface area contributed by atoms with Crippen molar-refractivity contribution in [2.24, 2.45) is 11.0 Å². The van der Waals surface area contributed by atoms with E-state index in [1.165, 1.54) is 16.8 Å². The highest BCUT2D eigenvalue weighted by atomic mass is 35.5. The first-order valence-corrected chi connectivity index (χ1v) is 15.0. The molecule has 3 heterocycles. The minimum Gasteiger partial charge on any atom is -0.368 e. The number of hydrogen-bond donors (Lipinski definition) is 1. The van der Waals surface area contributed by atoms with Crippen LogP contribution >= 0.6 is 11.6 Å². The van der Waals surface area contributed by atoms with Gasteiger partial charge in [-0.3, -0.25) is 19.9 Å². The van der Waals surface area contributed by atoms with Crippen molar-refractivity contribution in [1.29, 1.82) is 0 Å². The van der Waals surface area contributed by atoms with Crippen LogP contribution in [0.5, 0.6) is 0 Å². The minimum absolute atomic E-state index is 0.0312. The topological polar surface area (TPSA) is 71.5 Å². The highest BCUT2D eigenvalue weighted by Gasteiger charge is 2.50. The van der Waals surface area contributed by atoms with Gasteiger partial charge in [0.15, 0.2) is 6.29 Å². The number of rotatable bonds is 6. The van der Waals surface area contributed by atoms with E-state index in [2.05, 4.69) is 47.3 Å². The third kappa shape index (κ3) is 5.14. The van der Waals surface area contributed by atoms with Crippen molar-refractivity contribution in [1.82, 2.24) is 20.1 Å². The Morgan fingerprint density at radius 3 is 2.55 bits per heavy atom. The number of carbonyl (C=O) groups excluding carboxylic acids is 2. The Kier molecular flexibility index (Phi) is 7.62. The zero-order valence-electron chi connectivity index (χ0n) is 23.5. The minimum atomic E-state index is -0.311. The Hall–Kier alpha value is -3.26. The third-order valence-electron chi connectivity index (χ3n) is 9.23. The summed E-state index contributed by atoms with van der Waals surface area (Å²) in [6.07, 6.45) is 4.77. The first-order valence-electron chi connectivity index (χ1n) is 14.6. The highest BCUT2D eigenvalue weighted by Crippen LogP contribution is 2.38. The second-order valence-corrected chi connectivity index (χ2v) is 12.0. The van der Waals surface area contributed by atoms with Gasteiger partial charge in [-0.1, -0.05) is 48.7 Å². The van der Waals surface area contributed by atoms with E-state index in [-0.39, 0.29) is 30.1 Å². The van der Waals surface area contributed by atoms with E-state index >= 15 is 0 Å². The number of hydrazone groups is 1. The molecule has 3 fully saturated rings. The Labute approximate surface area is 241 Å². The van der Waals surface area contributed by atoms with Crippen molar-refractivity contribution >= 4 is 34.9 Å². The molecule has 212 valence electrons. The SMILES string of the molecule is Cc1cccc(N2CCN(C(=O)CCC3=NNC4N(Cc5ccc(Cl)cc5)C(=O)C5CCCCC5N34)CC2)c1C. The molecule has 2 saturated heterocycles. The number of nitrogens with one attached hydrogen (secondary N) is 1. The average Bonchev–Trinajstić information content (AvgIpc) is 3.40. The van der Waals surface area contributed by atoms with Crippen LogP contribution in [-0.2, 0) is 16.1 Å². The van der Waals surface area contributed by atoms with Gasteiger partial charge in [0, 0.05) is 62.3 Å². The second kappa shape index (κ2) is 11.3. The maximum atomic E-state index is 13.6. The van der Waals surface area contributed by atoms with Crippen LogP contribution in [-0.4, -0.2) is 70.9 Å². The maximum absolute atomic E-state index is 13.6. The number of hydrogen-bond acceptors (Lipinski definition) is 6. The number of amides is 2. The number of fused-ring (bicyclic) bond motifs is 3. The van der Waals surface area contributed by atoms with Crippen molar-refractivity contribution in [2.75, 3.05) is 31.1 Å². The summed E-state index contributed by atoms with van der Waals surface area (Å²) in [4.78, 5) is 35.5. The van der Waals surface area contributed by atoms with Gasteiger partial charge in [-0.25, -0.2) is 0 Å². The molecule has 0 aromatic heterocycles. The monoisotopic (exact) mass is 562 g/mol. The van der Waals surface area contributed by atoms with E-state index in [1.54, 1.807) is 0 Å². The number of amidine groups is 1. The highest BCUT2D eigenvalue weighted by molar-refractivity contribution is 6.30. The lowest BCUT2D eigenvalue weighted by Gasteiger charge is -2.50. The van der Waals surface area contributed by atoms with Crippen LogP contribution in [0.2, 0.25) is 5.02 Å². The largest absolute Gasteiger partial charge is 0.368 e. The normalized spacial score (nSPS) is 24.4. The van der Waals surface area contributed by atoms with Crippen LogP contribution in [0.3, 0.4) is 0 Å². The van der Waals surface area contributed by atoms with Crippen LogP contribution in [0.25, 0.3) is 0 Å². The maximum Gasteiger partial charge on any atom is 0.231 e. The molecule has 0 radical (unpaired) electrons. The van der Waals surface area contributed by atoms with E-state index in [9.17, 15) is 9.59 Å². The van der Waals surface area contributed by atoms with Crippen LogP contribution in [0, 0.1) is 19.8 Å². The third-order valence-corrected chi connectivity index (χ3v) is 9.48. The van der Waals surface area contributed by atoms with Gasteiger partial charge >= 0.3 is 0 Å². The van der Waals surface area contributed by atoms with Gasteiger partial charge in [-0.15, -0.1) is 0 Å². The molecule has 0 bridgehead atoms. The molecule has 2 aromatic carbocycles. The van der Waals surface area contributed by atoms with Gasteiger partial charge in [0.2, 0.25) is 11.8 Å². The van der Waals surface area contributed by atoms with E-state index in [0.29, 0.717) is 24.4 Å². The molecular formula is C31H39ClN6O2. The zero-order chi connectivity index (χ0) is 27.8. The van der Waals surface area contributed by atoms with E-state index in [0.717, 1.165) is 63.3 Å². The molecule has 0 spiro atoms. The van der Waals surface area contributed by atoms with Gasteiger partial charge in [0.05, 0.1) is 5.92 Å². The van der Waals surface area contributed by atoms with E-state index in [4.69, 9.17) is 16.7 Å². The first kappa shape index (κ1) is 26.9. The zero-order valence-corrected chi connectivity index (χ0v) is 24.2. The summed E-state index contributed by atoms with van der Waals surface area (Å²) in [5.74, 6) is 1.25. The lowest BCUT2D eigenvalue weighted by molar-refractivity contribution is -0.156. The van der Waals surface area contributed by atoms with Gasteiger partial charge in [0.1, 0.15) is 5.84 Å². The number of piperazine rings is 1. The predicted molar refractivity (Wildman–Crippen MR) is 158 cm³/mol. The Balaban J connectivity index is 1.10. The van der Waals surface area contributed by atoms with Crippen LogP contribution in [0.15, 0.2) is 47.6 Å². The summed E-state index contributed by atoms with van der Waals surface area (Å²) in [6, 6.07) is 14.3. The summed E-state index contributed by atoms with van der Waals surface area (Å²) in [7, 11) is 0. The van der Waals surface area contributed by atoms with E-state index < -0.39 is 0 Å². The standard InChI is InChI=1S/C31H39ClN6O2/c1-21-6-5-9-26(22(21)2)35-16-18-36(19-17-35)29(39)15-14-28-33-34-31-37(20-23-10-12-24(32)13-11-23)30(40)25-7-3-4-8-27(25)38(28)31/h5-6,9-13,25,27,31,34H,3-4,7-8,14-20H2,1-2H3. The second-order valence-electron chi connectivity index (χ2n) is 11.6. The number of aryl methyl sites for hydroxylation is 1. The van der Waals surface area contributed by atoms with Crippen molar-refractivity contribution in [3.05, 3.63) is 64.2 Å². The molecule has 1 aliphatic carbocycles. The number of carbonyl (C=O) groups is 2. The van der Waals surface area contributed by atoms with Crippen LogP contribution in [0.4, 0.5) is 5.69 Å². The fraction of sp³-hybridized carbons (Fsp3) is 0.516. The van der Waals surface area contributed by atoms with Gasteiger partial charge < -0.3 is 14.7 Å². The van der Waals surface area contributed by atoms with Crippen molar-refractivity contribution in [2.45, 2.75) is 71.2 Å². The van der Waals surface area contributed by atoms with Crippen LogP contribution < -0.4 is 10.3 Å². The smallest absolute Gasteiger partial charge is 0.231 e. The number of anilines is 1. The number of halogens is 1. The molecular weight excluding hydrogens is 524 g/mol. The van der Waals surface area contributed by atoms with Gasteiger partial charge in [-0.2, -0.15) is 5.10 Å². The average molecular weight is 563 g/mol. The Morgan fingerprint density at radius 1 is 1.02 bits per heavy atom. The Morgan fingerprint density at radius 2 is 1.77 bits per heavy atom. The molecule has 3 aliphatic heterocycles. The van der Waals surface area contributed by atoms with Crippen molar-refractivity contribution in [3.63, 3.8) is 0 Å². The van der Waals surface area contributed by atoms with Crippen LogP contribution in [0.1, 0.15) is 55.2 Å². The lowest BCUT2D eigenvalue weighted by Crippen LogP contribution is -2.67. The number of nitrogens with zero attached hydrogens (tertiary/aromatic N) is 5. The summed E-state index contributed by atoms with van der Waals surface area (Å²) in [5, 5.41) is 5.38. The lowest BCUT2D eigenvalue weighted by atomic mass is 9.80. The number of benzene rings is 2. The Bertz CT molecular complexity index is 1290. The predicted octanol–water partition coefficient (Wildman–Crippen LogP) is 4.49. The molecule has 1 N–H and O–H groups in total. The quantitative estimate of drug-likeness (QED) is 0.562. The molecule has 8 nitrogen and oxygen atoms in total. The van der Waals surface area contributed by atoms with Crippen molar-refractivity contribution in [3.8, 4) is 0 Å². The first-order chi connectivity index (χ1) is 19.4. The van der Waals surface area contributed by atoms with Gasteiger partial charge in [-0.05, 0) is 61.6 Å². The molecule has 6 rings (SSSR count). The summed E-state index contributed by atoms with van der Waals surface area (Å²) >= 11 is 6.09. The summed E-state index contributed by atoms with van der Waals surface area (Å²) < 4.78 is 0. The molecule has 3 atom stereocenters. The molecule has 2 aromatic rings. The summed E-state index contributed by atoms with van der Waals surface area (Å²) in [6.45, 7) is 7.98. The molecule has 1 saturated carbocycles. The molecule has 2 amide bonds. The van der Waals surface area contributed by atoms with E-state index in [1.807, 2.05) is 34.1 Å². The van der Waals surface area contributed by atoms with Gasteiger partial charge in [0.25, 0.3) is 0 Å². The molecule has 40 heavy (non-hydrogen) atoms. The fourth-order valence-corrected chi connectivity index (χ4v) is 6.97. The molecule has 4 aliphatic rings. The summed E-state index contributed by atoms with van der Waals surface area (Å²) in [5.41, 5.74) is 8.18. The molecule has 3 unspecified atom stereocenters. The van der Waals surface area contributed by atoms with Crippen molar-refractivity contribution < 1.29 is 9.59 Å². The molecule has 9 heteroatoms.